The topological polar surface area (TPSA) is 69.6 Å². The molecular formula is C13H22N2O3S. The Morgan fingerprint density at radius 2 is 1.84 bits per heavy atom. The van der Waals surface area contributed by atoms with Crippen LogP contribution < -0.4 is 5.32 Å². The van der Waals surface area contributed by atoms with E-state index in [1.165, 1.54) is 4.31 Å². The Balaban J connectivity index is 3.04. The number of sulfonamides is 1. The molecule has 0 unspecified atom stereocenters. The molecule has 1 aromatic carbocycles. The highest BCUT2D eigenvalue weighted by molar-refractivity contribution is 7.89. The maximum Gasteiger partial charge on any atom is 0.243 e. The Morgan fingerprint density at radius 3 is 2.26 bits per heavy atom. The van der Waals surface area contributed by atoms with Gasteiger partial charge in [-0.3, -0.25) is 0 Å². The van der Waals surface area contributed by atoms with Gasteiger partial charge >= 0.3 is 0 Å². The average molecular weight is 286 g/mol. The smallest absolute Gasteiger partial charge is 0.243 e. The van der Waals surface area contributed by atoms with Gasteiger partial charge in [-0.15, -0.1) is 0 Å². The number of hydrogen-bond acceptors (Lipinski definition) is 4. The average Bonchev–Trinajstić information content (AvgIpc) is 2.36. The summed E-state index contributed by atoms with van der Waals surface area (Å²) in [6, 6.07) is 6.61. The minimum atomic E-state index is -3.54. The standard InChI is InChI=1S/C13H22N2O3S/c1-11(2)15(8-9-16)19(17,18)13-6-4-12(5-7-13)10-14-3/h4-7,11,14,16H,8-10H2,1-3H3. The Morgan fingerprint density at radius 1 is 1.26 bits per heavy atom. The van der Waals surface area contributed by atoms with Gasteiger partial charge in [0.2, 0.25) is 10.0 Å². The maximum atomic E-state index is 12.4. The van der Waals surface area contributed by atoms with Gasteiger partial charge in [0.05, 0.1) is 11.5 Å². The summed E-state index contributed by atoms with van der Waals surface area (Å²) in [6.45, 7) is 4.21. The fourth-order valence-electron chi connectivity index (χ4n) is 1.87. The molecule has 108 valence electrons. The summed E-state index contributed by atoms with van der Waals surface area (Å²) >= 11 is 0. The van der Waals surface area contributed by atoms with Crippen LogP contribution in [0.3, 0.4) is 0 Å². The monoisotopic (exact) mass is 286 g/mol. The molecule has 0 radical (unpaired) electrons. The first-order chi connectivity index (χ1) is 8.93. The molecule has 6 heteroatoms. The van der Waals surface area contributed by atoms with Crippen molar-refractivity contribution in [1.82, 2.24) is 9.62 Å². The number of aliphatic hydroxyl groups excluding tert-OH is 1. The minimum Gasteiger partial charge on any atom is -0.395 e. The van der Waals surface area contributed by atoms with E-state index < -0.39 is 10.0 Å². The van der Waals surface area contributed by atoms with Gasteiger partial charge in [0.25, 0.3) is 0 Å². The molecule has 0 aliphatic carbocycles. The third-order valence-electron chi connectivity index (χ3n) is 2.81. The molecule has 1 aromatic rings. The predicted molar refractivity (Wildman–Crippen MR) is 75.3 cm³/mol. The number of nitrogens with zero attached hydrogens (tertiary/aromatic N) is 1. The number of benzene rings is 1. The van der Waals surface area contributed by atoms with E-state index >= 15 is 0 Å². The first kappa shape index (κ1) is 16.1. The lowest BCUT2D eigenvalue weighted by Crippen LogP contribution is -2.38. The van der Waals surface area contributed by atoms with E-state index in [9.17, 15) is 8.42 Å². The number of rotatable bonds is 7. The molecule has 5 nitrogen and oxygen atoms in total. The molecule has 0 aliphatic rings. The zero-order valence-electron chi connectivity index (χ0n) is 11.6. The molecule has 0 saturated heterocycles. The SMILES string of the molecule is CNCc1ccc(S(=O)(=O)N(CCO)C(C)C)cc1. The van der Waals surface area contributed by atoms with Crippen LogP contribution in [0.5, 0.6) is 0 Å². The zero-order chi connectivity index (χ0) is 14.5. The molecule has 0 atom stereocenters. The van der Waals surface area contributed by atoms with Gasteiger partial charge in [0.1, 0.15) is 0 Å². The van der Waals surface area contributed by atoms with Crippen LogP contribution in [0.4, 0.5) is 0 Å². The summed E-state index contributed by atoms with van der Waals surface area (Å²) in [7, 11) is -1.70. The number of hydrogen-bond donors (Lipinski definition) is 2. The van der Waals surface area contributed by atoms with Crippen LogP contribution in [-0.2, 0) is 16.6 Å². The lowest BCUT2D eigenvalue weighted by Gasteiger charge is -2.25. The van der Waals surface area contributed by atoms with Gasteiger partial charge < -0.3 is 10.4 Å². The maximum absolute atomic E-state index is 12.4. The van der Waals surface area contributed by atoms with Gasteiger partial charge in [-0.05, 0) is 38.6 Å². The molecule has 0 bridgehead atoms. The fraction of sp³-hybridized carbons (Fsp3) is 0.538. The zero-order valence-corrected chi connectivity index (χ0v) is 12.4. The second-order valence-electron chi connectivity index (χ2n) is 4.61. The molecule has 0 spiro atoms. The summed E-state index contributed by atoms with van der Waals surface area (Å²) in [6.07, 6.45) is 0. The van der Waals surface area contributed by atoms with Crippen LogP contribution in [0.1, 0.15) is 19.4 Å². The van der Waals surface area contributed by atoms with Crippen molar-refractivity contribution in [2.75, 3.05) is 20.2 Å². The van der Waals surface area contributed by atoms with Crippen molar-refractivity contribution >= 4 is 10.0 Å². The molecule has 0 amide bonds. The third-order valence-corrected chi connectivity index (χ3v) is 4.90. The van der Waals surface area contributed by atoms with Crippen molar-refractivity contribution in [1.29, 1.82) is 0 Å². The summed E-state index contributed by atoms with van der Waals surface area (Å²) in [4.78, 5) is 0.259. The third kappa shape index (κ3) is 4.01. The van der Waals surface area contributed by atoms with Gasteiger partial charge in [-0.25, -0.2) is 8.42 Å². The first-order valence-electron chi connectivity index (χ1n) is 6.29. The van der Waals surface area contributed by atoms with Gasteiger partial charge in [-0.1, -0.05) is 12.1 Å². The Kier molecular flexibility index (Phi) is 5.93. The molecule has 0 aromatic heterocycles. The van der Waals surface area contributed by atoms with Gasteiger partial charge in [0, 0.05) is 19.1 Å². The molecule has 0 fully saturated rings. The van der Waals surface area contributed by atoms with Crippen LogP contribution in [0.2, 0.25) is 0 Å². The molecule has 0 aliphatic heterocycles. The van der Waals surface area contributed by atoms with Crippen LogP contribution in [-0.4, -0.2) is 44.1 Å². The summed E-state index contributed by atoms with van der Waals surface area (Å²) < 4.78 is 26.2. The first-order valence-corrected chi connectivity index (χ1v) is 7.73. The van der Waals surface area contributed by atoms with E-state index in [1.54, 1.807) is 38.1 Å². The largest absolute Gasteiger partial charge is 0.395 e. The van der Waals surface area contributed by atoms with Crippen LogP contribution in [0.25, 0.3) is 0 Å². The highest BCUT2D eigenvalue weighted by Crippen LogP contribution is 2.18. The lowest BCUT2D eigenvalue weighted by atomic mass is 10.2. The lowest BCUT2D eigenvalue weighted by molar-refractivity contribution is 0.236. The van der Waals surface area contributed by atoms with Crippen molar-refractivity contribution in [3.63, 3.8) is 0 Å². The normalized spacial score (nSPS) is 12.3. The second kappa shape index (κ2) is 7.00. The molecule has 1 rings (SSSR count). The van der Waals surface area contributed by atoms with Crippen molar-refractivity contribution in [2.45, 2.75) is 31.3 Å². The highest BCUT2D eigenvalue weighted by Gasteiger charge is 2.26. The van der Waals surface area contributed by atoms with Crippen molar-refractivity contribution in [2.24, 2.45) is 0 Å². The Bertz CT molecular complexity index is 483. The van der Waals surface area contributed by atoms with Gasteiger partial charge in [-0.2, -0.15) is 4.31 Å². The summed E-state index contributed by atoms with van der Waals surface area (Å²) in [5.41, 5.74) is 1.03. The highest BCUT2D eigenvalue weighted by atomic mass is 32.2. The Hall–Kier alpha value is -0.950. The van der Waals surface area contributed by atoms with Crippen LogP contribution in [0.15, 0.2) is 29.2 Å². The second-order valence-corrected chi connectivity index (χ2v) is 6.50. The minimum absolute atomic E-state index is 0.109. The number of nitrogens with one attached hydrogen (secondary N) is 1. The fourth-order valence-corrected chi connectivity index (χ4v) is 3.50. The van der Waals surface area contributed by atoms with E-state index in [4.69, 9.17) is 5.11 Å². The van der Waals surface area contributed by atoms with E-state index in [-0.39, 0.29) is 24.1 Å². The predicted octanol–water partition coefficient (Wildman–Crippen LogP) is 0.797. The number of aliphatic hydroxyl groups is 1. The van der Waals surface area contributed by atoms with E-state index in [0.29, 0.717) is 6.54 Å². The van der Waals surface area contributed by atoms with E-state index in [1.807, 2.05) is 7.05 Å². The molecule has 0 saturated carbocycles. The van der Waals surface area contributed by atoms with E-state index in [0.717, 1.165) is 5.56 Å². The molecule has 19 heavy (non-hydrogen) atoms. The molecule has 0 heterocycles. The van der Waals surface area contributed by atoms with Crippen molar-refractivity contribution in [3.05, 3.63) is 29.8 Å². The summed E-state index contributed by atoms with van der Waals surface area (Å²) in [5.74, 6) is 0. The summed E-state index contributed by atoms with van der Waals surface area (Å²) in [5, 5.41) is 12.0. The van der Waals surface area contributed by atoms with Gasteiger partial charge in [0.15, 0.2) is 0 Å². The molecular weight excluding hydrogens is 264 g/mol. The van der Waals surface area contributed by atoms with Crippen LogP contribution in [0, 0.1) is 0 Å². The van der Waals surface area contributed by atoms with Crippen molar-refractivity contribution in [3.8, 4) is 0 Å². The quantitative estimate of drug-likeness (QED) is 0.778. The Labute approximate surface area is 115 Å². The molecule has 2 N–H and O–H groups in total. The van der Waals surface area contributed by atoms with E-state index in [2.05, 4.69) is 5.32 Å². The van der Waals surface area contributed by atoms with Crippen LogP contribution >= 0.6 is 0 Å². The van der Waals surface area contributed by atoms with Crippen molar-refractivity contribution < 1.29 is 13.5 Å².